The molecular formula is C20H26N4. The average Bonchev–Trinajstić information content (AvgIpc) is 2.90. The minimum atomic E-state index is 1.06. The smallest absolute Gasteiger partial charge is 0.0707 e. The molecule has 24 heavy (non-hydrogen) atoms. The highest BCUT2D eigenvalue weighted by Crippen LogP contribution is 2.31. The van der Waals surface area contributed by atoms with Gasteiger partial charge in [-0.2, -0.15) is 0 Å². The number of nitrogens with zero attached hydrogens (tertiary/aromatic N) is 3. The van der Waals surface area contributed by atoms with Crippen LogP contribution in [0.1, 0.15) is 17.7 Å². The Morgan fingerprint density at radius 2 is 1.88 bits per heavy atom. The van der Waals surface area contributed by atoms with Crippen molar-refractivity contribution in [3.63, 3.8) is 0 Å². The van der Waals surface area contributed by atoms with Crippen LogP contribution >= 0.6 is 0 Å². The fourth-order valence-electron chi connectivity index (χ4n) is 3.95. The number of hydrogen-bond acceptors (Lipinski definition) is 3. The molecule has 1 aromatic carbocycles. The van der Waals surface area contributed by atoms with E-state index in [2.05, 4.69) is 57.9 Å². The van der Waals surface area contributed by atoms with Gasteiger partial charge in [0.25, 0.3) is 0 Å². The first kappa shape index (κ1) is 15.6. The monoisotopic (exact) mass is 322 g/mol. The van der Waals surface area contributed by atoms with Crippen LogP contribution in [0.3, 0.4) is 0 Å². The second-order valence-corrected chi connectivity index (χ2v) is 6.91. The van der Waals surface area contributed by atoms with Crippen LogP contribution in [-0.4, -0.2) is 47.2 Å². The van der Waals surface area contributed by atoms with Crippen LogP contribution in [0.25, 0.3) is 21.8 Å². The third-order valence-electron chi connectivity index (χ3n) is 5.18. The maximum atomic E-state index is 4.54. The molecule has 3 heterocycles. The van der Waals surface area contributed by atoms with Gasteiger partial charge in [0, 0.05) is 55.2 Å². The fraction of sp³-hybridized carbons (Fsp3) is 0.450. The molecule has 0 amide bonds. The molecule has 0 atom stereocenters. The second-order valence-electron chi connectivity index (χ2n) is 6.91. The number of hydrogen-bond donors (Lipinski definition) is 1. The van der Waals surface area contributed by atoms with Crippen molar-refractivity contribution < 1.29 is 0 Å². The van der Waals surface area contributed by atoms with E-state index in [0.29, 0.717) is 0 Å². The van der Waals surface area contributed by atoms with Gasteiger partial charge in [-0.1, -0.05) is 12.1 Å². The number of nitrogens with one attached hydrogen (secondary N) is 1. The van der Waals surface area contributed by atoms with Crippen LogP contribution in [0.5, 0.6) is 0 Å². The summed E-state index contributed by atoms with van der Waals surface area (Å²) in [7, 11) is 0. The van der Waals surface area contributed by atoms with Gasteiger partial charge >= 0.3 is 0 Å². The normalized spacial score (nSPS) is 16.2. The van der Waals surface area contributed by atoms with Crippen molar-refractivity contribution in [3.8, 4) is 0 Å². The number of benzene rings is 1. The first-order valence-corrected chi connectivity index (χ1v) is 9.01. The van der Waals surface area contributed by atoms with Gasteiger partial charge in [-0.05, 0) is 44.5 Å². The molecule has 0 aliphatic carbocycles. The molecule has 0 saturated carbocycles. The van der Waals surface area contributed by atoms with Crippen molar-refractivity contribution in [2.75, 3.05) is 32.7 Å². The third kappa shape index (κ3) is 2.80. The summed E-state index contributed by atoms with van der Waals surface area (Å²) in [5, 5.41) is 6.11. The van der Waals surface area contributed by atoms with Gasteiger partial charge in [0.2, 0.25) is 0 Å². The van der Waals surface area contributed by atoms with Gasteiger partial charge in [-0.15, -0.1) is 0 Å². The molecule has 1 aliphatic rings. The number of piperazine rings is 1. The number of aromatic nitrogens is 2. The van der Waals surface area contributed by atoms with Crippen molar-refractivity contribution in [1.82, 2.24) is 19.8 Å². The minimum absolute atomic E-state index is 1.06. The lowest BCUT2D eigenvalue weighted by Gasteiger charge is -2.27. The molecule has 0 unspecified atom stereocenters. The summed E-state index contributed by atoms with van der Waals surface area (Å²) in [5.74, 6) is 0. The van der Waals surface area contributed by atoms with Crippen LogP contribution in [-0.2, 0) is 6.54 Å². The summed E-state index contributed by atoms with van der Waals surface area (Å²) >= 11 is 0. The maximum Gasteiger partial charge on any atom is 0.0707 e. The Balaban J connectivity index is 1.68. The Morgan fingerprint density at radius 3 is 2.71 bits per heavy atom. The minimum Gasteiger partial charge on any atom is -0.339 e. The Kier molecular flexibility index (Phi) is 4.25. The summed E-state index contributed by atoms with van der Waals surface area (Å²) in [4.78, 5) is 7.11. The van der Waals surface area contributed by atoms with Crippen LogP contribution in [0.15, 0.2) is 30.5 Å². The molecule has 1 aliphatic heterocycles. The van der Waals surface area contributed by atoms with Crippen molar-refractivity contribution in [1.29, 1.82) is 0 Å². The molecule has 2 aromatic heterocycles. The maximum absolute atomic E-state index is 4.54. The van der Waals surface area contributed by atoms with Crippen molar-refractivity contribution >= 4 is 21.8 Å². The molecule has 1 saturated heterocycles. The van der Waals surface area contributed by atoms with Gasteiger partial charge in [-0.25, -0.2) is 0 Å². The predicted molar refractivity (Wildman–Crippen MR) is 101 cm³/mol. The van der Waals surface area contributed by atoms with Gasteiger partial charge in [-0.3, -0.25) is 4.98 Å². The van der Waals surface area contributed by atoms with Crippen molar-refractivity contribution in [2.45, 2.75) is 26.8 Å². The number of pyridine rings is 1. The molecule has 1 N–H and O–H groups in total. The molecule has 0 bridgehead atoms. The molecule has 3 aromatic rings. The standard InChI is InChI=1S/C20H26N4/c1-15-4-5-17-18-6-7-22-16(2)20(18)24(19(17)14-15)11-3-10-23-12-8-21-9-13-23/h4-7,14,21H,3,8-13H2,1-2H3. The van der Waals surface area contributed by atoms with Crippen LogP contribution < -0.4 is 5.32 Å². The van der Waals surface area contributed by atoms with Crippen molar-refractivity contribution in [3.05, 3.63) is 41.7 Å². The van der Waals surface area contributed by atoms with Crippen molar-refractivity contribution in [2.24, 2.45) is 0 Å². The van der Waals surface area contributed by atoms with Crippen LogP contribution in [0, 0.1) is 13.8 Å². The zero-order valence-corrected chi connectivity index (χ0v) is 14.7. The SMILES string of the molecule is Cc1ccc2c3ccnc(C)c3n(CCCN3CCNCC3)c2c1. The summed E-state index contributed by atoms with van der Waals surface area (Å²) < 4.78 is 2.49. The first-order valence-electron chi connectivity index (χ1n) is 9.01. The Bertz CT molecular complexity index is 859. The number of aryl methyl sites for hydroxylation is 3. The van der Waals surface area contributed by atoms with E-state index in [9.17, 15) is 0 Å². The quantitative estimate of drug-likeness (QED) is 0.801. The zero-order valence-electron chi connectivity index (χ0n) is 14.7. The van der Waals surface area contributed by atoms with E-state index < -0.39 is 0 Å². The molecule has 1 fully saturated rings. The van der Waals surface area contributed by atoms with E-state index in [4.69, 9.17) is 0 Å². The average molecular weight is 322 g/mol. The van der Waals surface area contributed by atoms with E-state index in [1.54, 1.807) is 0 Å². The summed E-state index contributed by atoms with van der Waals surface area (Å²) in [6.45, 7) is 11.1. The predicted octanol–water partition coefficient (Wildman–Crippen LogP) is 3.10. The van der Waals surface area contributed by atoms with E-state index in [1.807, 2.05) is 6.20 Å². The fourth-order valence-corrected chi connectivity index (χ4v) is 3.95. The van der Waals surface area contributed by atoms with E-state index in [-0.39, 0.29) is 0 Å². The highest BCUT2D eigenvalue weighted by atomic mass is 15.2. The topological polar surface area (TPSA) is 33.1 Å². The highest BCUT2D eigenvalue weighted by Gasteiger charge is 2.14. The molecule has 4 nitrogen and oxygen atoms in total. The second kappa shape index (κ2) is 6.54. The van der Waals surface area contributed by atoms with Gasteiger partial charge in [0.1, 0.15) is 0 Å². The number of rotatable bonds is 4. The van der Waals surface area contributed by atoms with E-state index in [0.717, 1.165) is 25.3 Å². The summed E-state index contributed by atoms with van der Waals surface area (Å²) in [6.07, 6.45) is 3.11. The Labute approximate surface area is 143 Å². The molecule has 126 valence electrons. The van der Waals surface area contributed by atoms with E-state index in [1.165, 1.54) is 53.4 Å². The van der Waals surface area contributed by atoms with E-state index >= 15 is 0 Å². The van der Waals surface area contributed by atoms with Gasteiger partial charge in [0.05, 0.1) is 11.2 Å². The highest BCUT2D eigenvalue weighted by molar-refractivity contribution is 6.08. The first-order chi connectivity index (χ1) is 11.7. The lowest BCUT2D eigenvalue weighted by molar-refractivity contribution is 0.235. The summed E-state index contributed by atoms with van der Waals surface area (Å²) in [6, 6.07) is 8.95. The Morgan fingerprint density at radius 1 is 1.04 bits per heavy atom. The lowest BCUT2D eigenvalue weighted by Crippen LogP contribution is -2.43. The largest absolute Gasteiger partial charge is 0.339 e. The molecule has 0 spiro atoms. The number of fused-ring (bicyclic) bond motifs is 3. The zero-order chi connectivity index (χ0) is 16.5. The molecule has 4 heteroatoms. The molecular weight excluding hydrogens is 296 g/mol. The summed E-state index contributed by atoms with van der Waals surface area (Å²) in [5.41, 5.74) is 5.10. The molecule has 0 radical (unpaired) electrons. The lowest BCUT2D eigenvalue weighted by atomic mass is 10.1. The third-order valence-corrected chi connectivity index (χ3v) is 5.18. The van der Waals surface area contributed by atoms with Gasteiger partial charge in [0.15, 0.2) is 0 Å². The van der Waals surface area contributed by atoms with Gasteiger partial charge < -0.3 is 14.8 Å². The molecule has 4 rings (SSSR count). The van der Waals surface area contributed by atoms with Crippen LogP contribution in [0.2, 0.25) is 0 Å². The van der Waals surface area contributed by atoms with Crippen LogP contribution in [0.4, 0.5) is 0 Å². The Hall–Kier alpha value is -1.91.